The van der Waals surface area contributed by atoms with Gasteiger partial charge in [-0.05, 0) is 42.0 Å². The largest absolute Gasteiger partial charge is 0.367 e. The zero-order valence-electron chi connectivity index (χ0n) is 17.7. The van der Waals surface area contributed by atoms with E-state index in [1.54, 1.807) is 48.5 Å². The number of carbonyl (C=O) groups excluding carboxylic acids is 1. The molecule has 170 valence electrons. The quantitative estimate of drug-likeness (QED) is 0.595. The third-order valence-electron chi connectivity index (χ3n) is 6.00. The SMILES string of the molecule is O=C(c1ccc(C2Nc3ccccc3S(=O)(=O)N2)cc1)N1CCN(c2ccccc2Cl)CC1. The predicted octanol–water partition coefficient (Wildman–Crippen LogP) is 3.71. The summed E-state index contributed by atoms with van der Waals surface area (Å²) in [5.41, 5.74) is 2.84. The molecule has 2 heterocycles. The van der Waals surface area contributed by atoms with Gasteiger partial charge in [-0.15, -0.1) is 0 Å². The van der Waals surface area contributed by atoms with Crippen LogP contribution in [0.25, 0.3) is 0 Å². The Balaban J connectivity index is 1.26. The average molecular weight is 483 g/mol. The van der Waals surface area contributed by atoms with Crippen LogP contribution in [0.1, 0.15) is 22.1 Å². The van der Waals surface area contributed by atoms with Crippen molar-refractivity contribution in [3.8, 4) is 0 Å². The van der Waals surface area contributed by atoms with Crippen LogP contribution in [0.3, 0.4) is 0 Å². The molecule has 2 N–H and O–H groups in total. The normalized spacial score (nSPS) is 19.5. The Labute approximate surface area is 198 Å². The monoisotopic (exact) mass is 482 g/mol. The second kappa shape index (κ2) is 8.70. The van der Waals surface area contributed by atoms with Gasteiger partial charge in [0.25, 0.3) is 5.91 Å². The van der Waals surface area contributed by atoms with Crippen molar-refractivity contribution in [3.63, 3.8) is 0 Å². The lowest BCUT2D eigenvalue weighted by molar-refractivity contribution is 0.0746. The second-order valence-electron chi connectivity index (χ2n) is 8.05. The van der Waals surface area contributed by atoms with Gasteiger partial charge in [-0.1, -0.05) is 48.0 Å². The fourth-order valence-corrected chi connectivity index (χ4v) is 5.80. The van der Waals surface area contributed by atoms with Gasteiger partial charge in [-0.3, -0.25) is 4.79 Å². The van der Waals surface area contributed by atoms with Crippen molar-refractivity contribution >= 4 is 38.9 Å². The van der Waals surface area contributed by atoms with Crippen LogP contribution in [0.5, 0.6) is 0 Å². The van der Waals surface area contributed by atoms with Crippen molar-refractivity contribution < 1.29 is 13.2 Å². The van der Waals surface area contributed by atoms with Gasteiger partial charge in [-0.25, -0.2) is 8.42 Å². The summed E-state index contributed by atoms with van der Waals surface area (Å²) >= 11 is 6.31. The van der Waals surface area contributed by atoms with Gasteiger partial charge in [0.05, 0.1) is 16.4 Å². The molecular formula is C24H23ClN4O3S. The minimum Gasteiger partial charge on any atom is -0.367 e. The number of sulfonamides is 1. The number of piperazine rings is 1. The summed E-state index contributed by atoms with van der Waals surface area (Å²) < 4.78 is 27.8. The van der Waals surface area contributed by atoms with Crippen LogP contribution >= 0.6 is 11.6 Å². The second-order valence-corrected chi connectivity index (χ2v) is 10.1. The van der Waals surface area contributed by atoms with Crippen LogP contribution in [-0.2, 0) is 10.0 Å². The molecule has 1 fully saturated rings. The van der Waals surface area contributed by atoms with E-state index in [4.69, 9.17) is 11.6 Å². The number of hydrogen-bond acceptors (Lipinski definition) is 5. The lowest BCUT2D eigenvalue weighted by atomic mass is 10.1. The molecule has 0 radical (unpaired) electrons. The van der Waals surface area contributed by atoms with E-state index in [0.717, 1.165) is 11.3 Å². The minimum absolute atomic E-state index is 0.0390. The summed E-state index contributed by atoms with van der Waals surface area (Å²) in [5, 5.41) is 3.91. The molecule has 9 heteroatoms. The van der Waals surface area contributed by atoms with E-state index in [-0.39, 0.29) is 10.8 Å². The highest BCUT2D eigenvalue weighted by molar-refractivity contribution is 7.89. The summed E-state index contributed by atoms with van der Waals surface area (Å²) in [5.74, 6) is -0.0390. The Kier molecular flexibility index (Phi) is 5.74. The first-order valence-corrected chi connectivity index (χ1v) is 12.6. The maximum absolute atomic E-state index is 13.0. The van der Waals surface area contributed by atoms with Gasteiger partial charge in [0.1, 0.15) is 11.1 Å². The molecule has 3 aromatic carbocycles. The lowest BCUT2D eigenvalue weighted by Crippen LogP contribution is -2.48. The van der Waals surface area contributed by atoms with Crippen LogP contribution in [0.4, 0.5) is 11.4 Å². The maximum atomic E-state index is 13.0. The Bertz CT molecular complexity index is 1290. The molecule has 2 aliphatic rings. The fourth-order valence-electron chi connectivity index (χ4n) is 4.23. The van der Waals surface area contributed by atoms with Crippen LogP contribution < -0.4 is 14.9 Å². The number of nitrogens with zero attached hydrogens (tertiary/aromatic N) is 2. The van der Waals surface area contributed by atoms with Gasteiger partial charge >= 0.3 is 0 Å². The zero-order chi connectivity index (χ0) is 23.0. The Morgan fingerprint density at radius 1 is 0.879 bits per heavy atom. The van der Waals surface area contributed by atoms with Crippen molar-refractivity contribution in [1.82, 2.24) is 9.62 Å². The smallest absolute Gasteiger partial charge is 0.253 e. The number of para-hydroxylation sites is 2. The Hall–Kier alpha value is -3.07. The highest BCUT2D eigenvalue weighted by Crippen LogP contribution is 2.31. The van der Waals surface area contributed by atoms with Gasteiger partial charge in [-0.2, -0.15) is 4.72 Å². The number of hydrogen-bond donors (Lipinski definition) is 2. The molecule has 0 saturated carbocycles. The van der Waals surface area contributed by atoms with Crippen LogP contribution in [0, 0.1) is 0 Å². The first kappa shape index (κ1) is 21.8. The Morgan fingerprint density at radius 2 is 1.55 bits per heavy atom. The molecule has 7 nitrogen and oxygen atoms in total. The first-order chi connectivity index (χ1) is 15.9. The molecule has 3 aromatic rings. The number of nitrogens with one attached hydrogen (secondary N) is 2. The minimum atomic E-state index is -3.62. The van der Waals surface area contributed by atoms with Crippen molar-refractivity contribution in [1.29, 1.82) is 0 Å². The zero-order valence-corrected chi connectivity index (χ0v) is 19.3. The van der Waals surface area contributed by atoms with E-state index < -0.39 is 16.2 Å². The molecule has 0 spiro atoms. The van der Waals surface area contributed by atoms with E-state index in [2.05, 4.69) is 14.9 Å². The average Bonchev–Trinajstić information content (AvgIpc) is 2.84. The van der Waals surface area contributed by atoms with E-state index in [0.29, 0.717) is 42.5 Å². The third-order valence-corrected chi connectivity index (χ3v) is 7.80. The van der Waals surface area contributed by atoms with E-state index in [1.807, 2.05) is 29.2 Å². The number of halogens is 1. The predicted molar refractivity (Wildman–Crippen MR) is 129 cm³/mol. The Morgan fingerprint density at radius 3 is 2.27 bits per heavy atom. The number of amides is 1. The van der Waals surface area contributed by atoms with Crippen LogP contribution in [0.2, 0.25) is 5.02 Å². The number of anilines is 2. The van der Waals surface area contributed by atoms with E-state index in [1.165, 1.54) is 0 Å². The molecule has 0 aromatic heterocycles. The van der Waals surface area contributed by atoms with Gasteiger partial charge in [0, 0.05) is 31.7 Å². The number of benzene rings is 3. The molecule has 1 unspecified atom stereocenters. The van der Waals surface area contributed by atoms with Crippen molar-refractivity contribution in [3.05, 3.63) is 88.9 Å². The first-order valence-electron chi connectivity index (χ1n) is 10.7. The summed E-state index contributed by atoms with van der Waals surface area (Å²) in [6, 6.07) is 21.6. The third kappa shape index (κ3) is 4.29. The number of rotatable bonds is 3. The highest BCUT2D eigenvalue weighted by Gasteiger charge is 2.30. The van der Waals surface area contributed by atoms with Gasteiger partial charge < -0.3 is 15.1 Å². The van der Waals surface area contributed by atoms with Crippen LogP contribution in [-0.4, -0.2) is 45.4 Å². The molecule has 1 saturated heterocycles. The number of carbonyl (C=O) groups is 1. The maximum Gasteiger partial charge on any atom is 0.253 e. The molecule has 2 aliphatic heterocycles. The van der Waals surface area contributed by atoms with Gasteiger partial charge in [0.2, 0.25) is 10.0 Å². The van der Waals surface area contributed by atoms with Crippen LogP contribution in [0.15, 0.2) is 77.7 Å². The summed E-state index contributed by atoms with van der Waals surface area (Å²) in [6.07, 6.45) is -0.604. The van der Waals surface area contributed by atoms with Gasteiger partial charge in [0.15, 0.2) is 0 Å². The molecule has 5 rings (SSSR count). The fraction of sp³-hybridized carbons (Fsp3) is 0.208. The summed E-state index contributed by atoms with van der Waals surface area (Å²) in [6.45, 7) is 2.63. The van der Waals surface area contributed by atoms with Crippen molar-refractivity contribution in [2.45, 2.75) is 11.1 Å². The number of fused-ring (bicyclic) bond motifs is 1. The standard InChI is InChI=1S/C24H23ClN4O3S/c25-19-5-1-3-7-21(19)28-13-15-29(16-14-28)24(30)18-11-9-17(10-12-18)23-26-20-6-2-4-8-22(20)33(31,32)27-23/h1-12,23,26-27H,13-16H2. The lowest BCUT2D eigenvalue weighted by Gasteiger charge is -2.36. The summed E-state index contributed by atoms with van der Waals surface area (Å²) in [7, 11) is -3.62. The molecule has 0 aliphatic carbocycles. The molecule has 0 bridgehead atoms. The molecule has 1 amide bonds. The molecule has 33 heavy (non-hydrogen) atoms. The highest BCUT2D eigenvalue weighted by atomic mass is 35.5. The molecule has 1 atom stereocenters. The van der Waals surface area contributed by atoms with Crippen molar-refractivity contribution in [2.75, 3.05) is 36.4 Å². The molecular weight excluding hydrogens is 460 g/mol. The van der Waals surface area contributed by atoms with Crippen molar-refractivity contribution in [2.24, 2.45) is 0 Å². The van der Waals surface area contributed by atoms with E-state index >= 15 is 0 Å². The summed E-state index contributed by atoms with van der Waals surface area (Å²) in [4.78, 5) is 17.3. The van der Waals surface area contributed by atoms with E-state index in [9.17, 15) is 13.2 Å². The topological polar surface area (TPSA) is 81.7 Å².